The summed E-state index contributed by atoms with van der Waals surface area (Å²) < 4.78 is 0. The first-order chi connectivity index (χ1) is 6.33. The molecule has 1 radical (unpaired) electrons. The molecule has 0 fully saturated rings. The van der Waals surface area contributed by atoms with Gasteiger partial charge in [-0.1, -0.05) is 64.4 Å². The molecule has 0 bridgehead atoms. The summed E-state index contributed by atoms with van der Waals surface area (Å²) >= 11 is 0. The second-order valence-corrected chi connectivity index (χ2v) is 2.34. The summed E-state index contributed by atoms with van der Waals surface area (Å²) in [5.74, 6) is 0. The molecule has 81 valence electrons. The molecule has 0 nitrogen and oxygen atoms in total. The van der Waals surface area contributed by atoms with Gasteiger partial charge < -0.3 is 0 Å². The summed E-state index contributed by atoms with van der Waals surface area (Å²) in [6.45, 7) is 12.3. The molecule has 0 aromatic heterocycles. The maximum Gasteiger partial charge on any atom is 0 e. The summed E-state index contributed by atoms with van der Waals surface area (Å²) in [6, 6.07) is 8.61. The fourth-order valence-electron chi connectivity index (χ4n) is 0.932. The first-order valence-electron chi connectivity index (χ1n) is 5.38. The van der Waals surface area contributed by atoms with Crippen LogP contribution in [-0.4, -0.2) is 0 Å². The van der Waals surface area contributed by atoms with Crippen LogP contribution in [0.4, 0.5) is 0 Å². The van der Waals surface area contributed by atoms with Gasteiger partial charge in [-0.2, -0.15) is 0 Å². The van der Waals surface area contributed by atoms with Crippen LogP contribution in [0.3, 0.4) is 0 Å². The molecular weight excluding hydrogens is 207 g/mol. The van der Waals surface area contributed by atoms with Crippen LogP contribution in [-0.2, 0) is 25.0 Å². The summed E-state index contributed by atoms with van der Waals surface area (Å²) in [5.41, 5.74) is 2.78. The van der Waals surface area contributed by atoms with E-state index in [9.17, 15) is 0 Å². The topological polar surface area (TPSA) is 0 Å². The van der Waals surface area contributed by atoms with E-state index in [0.29, 0.717) is 0 Å². The normalized spacial score (nSPS) is 7.00. The number of aryl methyl sites for hydroxylation is 2. The van der Waals surface area contributed by atoms with E-state index in [0.717, 1.165) is 6.42 Å². The van der Waals surface area contributed by atoms with Crippen LogP contribution in [0.25, 0.3) is 0 Å². The van der Waals surface area contributed by atoms with Gasteiger partial charge in [0.05, 0.1) is 0 Å². The summed E-state index contributed by atoms with van der Waals surface area (Å²) in [4.78, 5) is 0. The molecule has 1 heteroatoms. The SMILES string of the molecule is CC.CC.CCc1cccc(C)c1.[V]. The van der Waals surface area contributed by atoms with Gasteiger partial charge in [-0.25, -0.2) is 0 Å². The van der Waals surface area contributed by atoms with Crippen molar-refractivity contribution in [2.24, 2.45) is 0 Å². The maximum absolute atomic E-state index is 2.22. The maximum atomic E-state index is 2.22. The zero-order chi connectivity index (χ0) is 10.7. The van der Waals surface area contributed by atoms with Crippen LogP contribution in [0.1, 0.15) is 45.7 Å². The molecule has 0 spiro atoms. The molecule has 0 aliphatic carbocycles. The van der Waals surface area contributed by atoms with E-state index < -0.39 is 0 Å². The first-order valence-corrected chi connectivity index (χ1v) is 5.38. The summed E-state index contributed by atoms with van der Waals surface area (Å²) in [5, 5.41) is 0. The zero-order valence-corrected chi connectivity index (χ0v) is 11.9. The predicted octanol–water partition coefficient (Wildman–Crippen LogP) is 4.61. The fraction of sp³-hybridized carbons (Fsp3) is 0.538. The fourth-order valence-corrected chi connectivity index (χ4v) is 0.932. The Morgan fingerprint density at radius 2 is 1.50 bits per heavy atom. The van der Waals surface area contributed by atoms with Gasteiger partial charge in [-0.05, 0) is 18.9 Å². The smallest absolute Gasteiger partial charge is 0 e. The monoisotopic (exact) mass is 231 g/mol. The first kappa shape index (κ1) is 19.4. The van der Waals surface area contributed by atoms with Gasteiger partial charge in [0, 0.05) is 18.6 Å². The Bertz CT molecular complexity index is 194. The third-order valence-electron chi connectivity index (χ3n) is 1.49. The quantitative estimate of drug-likeness (QED) is 0.662. The van der Waals surface area contributed by atoms with Crippen molar-refractivity contribution in [3.05, 3.63) is 35.4 Å². The Morgan fingerprint density at radius 3 is 1.79 bits per heavy atom. The van der Waals surface area contributed by atoms with Crippen LogP contribution in [0, 0.1) is 6.92 Å². The van der Waals surface area contributed by atoms with Gasteiger partial charge in [0.25, 0.3) is 0 Å². The minimum absolute atomic E-state index is 0. The van der Waals surface area contributed by atoms with E-state index >= 15 is 0 Å². The minimum atomic E-state index is 0. The molecule has 0 saturated heterocycles. The van der Waals surface area contributed by atoms with Crippen LogP contribution < -0.4 is 0 Å². The van der Waals surface area contributed by atoms with E-state index in [2.05, 4.69) is 38.1 Å². The number of hydrogen-bond donors (Lipinski definition) is 0. The van der Waals surface area contributed by atoms with Crippen molar-refractivity contribution in [2.75, 3.05) is 0 Å². The Morgan fingerprint density at radius 1 is 1.00 bits per heavy atom. The summed E-state index contributed by atoms with van der Waals surface area (Å²) in [6.07, 6.45) is 1.14. The molecular formula is C13H24V. The van der Waals surface area contributed by atoms with Crippen LogP contribution in [0.5, 0.6) is 0 Å². The standard InChI is InChI=1S/C9H12.2C2H6.V/c1-3-9-6-4-5-8(2)7-9;2*1-2;/h4-7H,3H2,1-2H3;2*1-2H3;. The molecule has 0 amide bonds. The van der Waals surface area contributed by atoms with E-state index in [1.165, 1.54) is 11.1 Å². The minimum Gasteiger partial charge on any atom is -0.0683 e. The van der Waals surface area contributed by atoms with Gasteiger partial charge in [0.2, 0.25) is 0 Å². The second-order valence-electron chi connectivity index (χ2n) is 2.34. The number of hydrogen-bond acceptors (Lipinski definition) is 0. The molecule has 0 N–H and O–H groups in total. The zero-order valence-electron chi connectivity index (χ0n) is 10.5. The van der Waals surface area contributed by atoms with Gasteiger partial charge in [-0.15, -0.1) is 0 Å². The molecule has 0 unspecified atom stereocenters. The third-order valence-corrected chi connectivity index (χ3v) is 1.49. The molecule has 0 aliphatic rings. The van der Waals surface area contributed by atoms with E-state index in [1.807, 2.05) is 27.7 Å². The molecule has 1 aromatic rings. The second kappa shape index (κ2) is 15.3. The molecule has 0 atom stereocenters. The van der Waals surface area contributed by atoms with Crippen molar-refractivity contribution in [1.82, 2.24) is 0 Å². The number of rotatable bonds is 1. The van der Waals surface area contributed by atoms with Crippen molar-refractivity contribution in [3.63, 3.8) is 0 Å². The molecule has 1 aromatic carbocycles. The number of benzene rings is 1. The average molecular weight is 231 g/mol. The van der Waals surface area contributed by atoms with Crippen LogP contribution in [0.2, 0.25) is 0 Å². The van der Waals surface area contributed by atoms with Gasteiger partial charge in [0.1, 0.15) is 0 Å². The predicted molar refractivity (Wildman–Crippen MR) is 63.3 cm³/mol. The third kappa shape index (κ3) is 9.89. The van der Waals surface area contributed by atoms with Crippen molar-refractivity contribution in [2.45, 2.75) is 48.0 Å². The molecule has 0 aliphatic heterocycles. The van der Waals surface area contributed by atoms with Crippen LogP contribution >= 0.6 is 0 Å². The van der Waals surface area contributed by atoms with Gasteiger partial charge in [0.15, 0.2) is 0 Å². The molecule has 14 heavy (non-hydrogen) atoms. The Labute approximate surface area is 102 Å². The van der Waals surface area contributed by atoms with E-state index in [-0.39, 0.29) is 18.6 Å². The Kier molecular flexibility index (Phi) is 21.2. The molecule has 0 saturated carbocycles. The Hall–Kier alpha value is -0.196. The van der Waals surface area contributed by atoms with Gasteiger partial charge >= 0.3 is 0 Å². The van der Waals surface area contributed by atoms with Crippen molar-refractivity contribution >= 4 is 0 Å². The molecule has 1 rings (SSSR count). The summed E-state index contributed by atoms with van der Waals surface area (Å²) in [7, 11) is 0. The van der Waals surface area contributed by atoms with Crippen molar-refractivity contribution in [1.29, 1.82) is 0 Å². The van der Waals surface area contributed by atoms with Crippen molar-refractivity contribution in [3.8, 4) is 0 Å². The van der Waals surface area contributed by atoms with Crippen molar-refractivity contribution < 1.29 is 18.6 Å². The largest absolute Gasteiger partial charge is 0.0683 e. The van der Waals surface area contributed by atoms with Crippen LogP contribution in [0.15, 0.2) is 24.3 Å². The van der Waals surface area contributed by atoms with E-state index in [1.54, 1.807) is 0 Å². The average Bonchev–Trinajstić information content (AvgIpc) is 2.24. The van der Waals surface area contributed by atoms with E-state index in [4.69, 9.17) is 0 Å². The molecule has 0 heterocycles. The Balaban J connectivity index is -0.000000216. The van der Waals surface area contributed by atoms with Gasteiger partial charge in [-0.3, -0.25) is 0 Å².